The fraction of sp³-hybridized carbons (Fsp3) is 0.562. The van der Waals surface area contributed by atoms with Crippen molar-refractivity contribution in [2.75, 3.05) is 25.0 Å². The van der Waals surface area contributed by atoms with E-state index in [1.807, 2.05) is 50.9 Å². The van der Waals surface area contributed by atoms with Crippen molar-refractivity contribution >= 4 is 11.7 Å². The second-order valence-electron chi connectivity index (χ2n) is 5.22. The maximum Gasteiger partial charge on any atom is 0.305 e. The van der Waals surface area contributed by atoms with Crippen LogP contribution in [0.3, 0.4) is 0 Å². The monoisotopic (exact) mass is 294 g/mol. The normalized spacial score (nSPS) is 10.7. The van der Waals surface area contributed by atoms with Crippen molar-refractivity contribution in [2.45, 2.75) is 39.8 Å². The Morgan fingerprint density at radius 1 is 1.43 bits per heavy atom. The van der Waals surface area contributed by atoms with Gasteiger partial charge in [-0.2, -0.15) is 0 Å². The van der Waals surface area contributed by atoms with E-state index in [-0.39, 0.29) is 12.5 Å². The number of benzene rings is 1. The molecule has 118 valence electrons. The number of rotatable bonds is 9. The third-order valence-corrected chi connectivity index (χ3v) is 3.09. The average Bonchev–Trinajstić information content (AvgIpc) is 2.40. The number of anilines is 1. The first-order chi connectivity index (χ1) is 9.97. The summed E-state index contributed by atoms with van der Waals surface area (Å²) < 4.78 is 5.91. The number of nitrogens with zero attached hydrogens (tertiary/aromatic N) is 1. The van der Waals surface area contributed by atoms with Gasteiger partial charge in [-0.1, -0.05) is 6.07 Å². The lowest BCUT2D eigenvalue weighted by Crippen LogP contribution is -2.26. The molecule has 0 aromatic heterocycles. The lowest BCUT2D eigenvalue weighted by molar-refractivity contribution is -0.136. The molecule has 0 amide bonds. The van der Waals surface area contributed by atoms with Gasteiger partial charge in [0.05, 0.1) is 18.2 Å². The predicted molar refractivity (Wildman–Crippen MR) is 85.1 cm³/mol. The number of carbonyl (C=O) groups is 1. The molecular weight excluding hydrogens is 268 g/mol. The summed E-state index contributed by atoms with van der Waals surface area (Å²) in [6, 6.07) is 6.08. The molecule has 0 saturated heterocycles. The molecule has 1 rings (SSSR count). The van der Waals surface area contributed by atoms with Gasteiger partial charge in [0.2, 0.25) is 0 Å². The number of carboxylic acid groups (broad SMARTS) is 1. The van der Waals surface area contributed by atoms with Gasteiger partial charge < -0.3 is 20.1 Å². The third-order valence-electron chi connectivity index (χ3n) is 3.09. The molecular formula is C16H26N2O3. The van der Waals surface area contributed by atoms with E-state index in [2.05, 4.69) is 5.32 Å². The van der Waals surface area contributed by atoms with E-state index < -0.39 is 5.97 Å². The van der Waals surface area contributed by atoms with Gasteiger partial charge in [-0.05, 0) is 45.5 Å². The average molecular weight is 294 g/mol. The van der Waals surface area contributed by atoms with Gasteiger partial charge in [0, 0.05) is 19.6 Å². The van der Waals surface area contributed by atoms with Gasteiger partial charge in [-0.3, -0.25) is 4.79 Å². The Kier molecular flexibility index (Phi) is 7.02. The van der Waals surface area contributed by atoms with Gasteiger partial charge in [0.1, 0.15) is 5.75 Å². The fourth-order valence-corrected chi connectivity index (χ4v) is 2.16. The number of aliphatic carboxylic acids is 1. The van der Waals surface area contributed by atoms with E-state index in [0.717, 1.165) is 30.1 Å². The smallest absolute Gasteiger partial charge is 0.305 e. The number of hydrogen-bond donors (Lipinski definition) is 2. The lowest BCUT2D eigenvalue weighted by atomic mass is 10.1. The molecule has 0 aliphatic carbocycles. The van der Waals surface area contributed by atoms with Crippen molar-refractivity contribution in [2.24, 2.45) is 0 Å². The zero-order valence-electron chi connectivity index (χ0n) is 13.3. The van der Waals surface area contributed by atoms with Crippen molar-refractivity contribution in [1.29, 1.82) is 0 Å². The minimum Gasteiger partial charge on any atom is -0.489 e. The second kappa shape index (κ2) is 8.52. The van der Waals surface area contributed by atoms with Crippen LogP contribution >= 0.6 is 0 Å². The molecule has 1 aromatic rings. The Labute approximate surface area is 126 Å². The predicted octanol–water partition coefficient (Wildman–Crippen LogP) is 2.49. The van der Waals surface area contributed by atoms with Crippen molar-refractivity contribution in [3.8, 4) is 5.75 Å². The highest BCUT2D eigenvalue weighted by Gasteiger charge is 2.14. The summed E-state index contributed by atoms with van der Waals surface area (Å²) >= 11 is 0. The van der Waals surface area contributed by atoms with Crippen LogP contribution in [0.4, 0.5) is 5.69 Å². The second-order valence-corrected chi connectivity index (χ2v) is 5.22. The summed E-state index contributed by atoms with van der Waals surface area (Å²) in [6.45, 7) is 7.99. The molecule has 0 aliphatic rings. The van der Waals surface area contributed by atoms with Crippen LogP contribution in [0.5, 0.6) is 5.75 Å². The molecule has 5 nitrogen and oxygen atoms in total. The third kappa shape index (κ3) is 5.63. The van der Waals surface area contributed by atoms with E-state index in [4.69, 9.17) is 9.84 Å². The molecule has 0 spiro atoms. The Hall–Kier alpha value is -1.75. The van der Waals surface area contributed by atoms with E-state index in [0.29, 0.717) is 6.54 Å². The highest BCUT2D eigenvalue weighted by molar-refractivity contribution is 5.68. The molecule has 21 heavy (non-hydrogen) atoms. The summed E-state index contributed by atoms with van der Waals surface area (Å²) in [7, 11) is 1.90. The lowest BCUT2D eigenvalue weighted by Gasteiger charge is -2.26. The highest BCUT2D eigenvalue weighted by atomic mass is 16.5. The SMILES string of the molecule is CCN(CCC(=O)O)c1ccc(CNC)cc1OC(C)C. The molecule has 0 aliphatic heterocycles. The van der Waals surface area contributed by atoms with Gasteiger partial charge in [-0.15, -0.1) is 0 Å². The molecule has 0 bridgehead atoms. The van der Waals surface area contributed by atoms with Crippen molar-refractivity contribution < 1.29 is 14.6 Å². The van der Waals surface area contributed by atoms with E-state index in [9.17, 15) is 4.79 Å². The number of ether oxygens (including phenoxy) is 1. The van der Waals surface area contributed by atoms with E-state index in [1.165, 1.54) is 0 Å². The van der Waals surface area contributed by atoms with Crippen LogP contribution in [0, 0.1) is 0 Å². The fourth-order valence-electron chi connectivity index (χ4n) is 2.16. The Morgan fingerprint density at radius 2 is 2.14 bits per heavy atom. The van der Waals surface area contributed by atoms with Crippen LogP contribution in [0.15, 0.2) is 18.2 Å². The largest absolute Gasteiger partial charge is 0.489 e. The first-order valence-corrected chi connectivity index (χ1v) is 7.38. The highest BCUT2D eigenvalue weighted by Crippen LogP contribution is 2.30. The maximum atomic E-state index is 10.8. The molecule has 0 atom stereocenters. The zero-order chi connectivity index (χ0) is 15.8. The Bertz CT molecular complexity index is 461. The number of carboxylic acids is 1. The van der Waals surface area contributed by atoms with Crippen molar-refractivity contribution in [3.63, 3.8) is 0 Å². The Balaban J connectivity index is 3.03. The standard InChI is InChI=1S/C16H26N2O3/c1-5-18(9-8-16(19)20)14-7-6-13(11-17-4)10-15(14)21-12(2)3/h6-7,10,12,17H,5,8-9,11H2,1-4H3,(H,19,20). The number of hydrogen-bond acceptors (Lipinski definition) is 4. The van der Waals surface area contributed by atoms with E-state index in [1.54, 1.807) is 0 Å². The van der Waals surface area contributed by atoms with Crippen LogP contribution < -0.4 is 15.0 Å². The summed E-state index contributed by atoms with van der Waals surface area (Å²) in [6.07, 6.45) is 0.194. The zero-order valence-corrected chi connectivity index (χ0v) is 13.3. The van der Waals surface area contributed by atoms with Crippen LogP contribution in [0.2, 0.25) is 0 Å². The van der Waals surface area contributed by atoms with Crippen LogP contribution in [0.25, 0.3) is 0 Å². The van der Waals surface area contributed by atoms with E-state index >= 15 is 0 Å². The summed E-state index contributed by atoms with van der Waals surface area (Å²) in [5, 5.41) is 12.0. The summed E-state index contributed by atoms with van der Waals surface area (Å²) in [5.41, 5.74) is 2.10. The van der Waals surface area contributed by atoms with Crippen molar-refractivity contribution in [1.82, 2.24) is 5.32 Å². The number of nitrogens with one attached hydrogen (secondary N) is 1. The minimum absolute atomic E-state index is 0.0757. The maximum absolute atomic E-state index is 10.8. The van der Waals surface area contributed by atoms with Crippen molar-refractivity contribution in [3.05, 3.63) is 23.8 Å². The summed E-state index contributed by atoms with van der Waals surface area (Å²) in [5.74, 6) is 0.0246. The molecule has 2 N–H and O–H groups in total. The molecule has 0 fully saturated rings. The van der Waals surface area contributed by atoms with Gasteiger partial charge in [-0.25, -0.2) is 0 Å². The molecule has 1 aromatic carbocycles. The quantitative estimate of drug-likeness (QED) is 0.732. The summed E-state index contributed by atoms with van der Waals surface area (Å²) in [4.78, 5) is 12.8. The molecule has 0 heterocycles. The molecule has 0 unspecified atom stereocenters. The minimum atomic E-state index is -0.786. The molecule has 0 radical (unpaired) electrons. The topological polar surface area (TPSA) is 61.8 Å². The first-order valence-electron chi connectivity index (χ1n) is 7.38. The van der Waals surface area contributed by atoms with Gasteiger partial charge >= 0.3 is 5.97 Å². The first kappa shape index (κ1) is 17.3. The van der Waals surface area contributed by atoms with Crippen LogP contribution in [-0.2, 0) is 11.3 Å². The van der Waals surface area contributed by atoms with Gasteiger partial charge in [0.15, 0.2) is 0 Å². The van der Waals surface area contributed by atoms with Crippen LogP contribution in [-0.4, -0.2) is 37.3 Å². The van der Waals surface area contributed by atoms with Crippen LogP contribution in [0.1, 0.15) is 32.8 Å². The molecule has 5 heteroatoms. The van der Waals surface area contributed by atoms with Gasteiger partial charge in [0.25, 0.3) is 0 Å². The Morgan fingerprint density at radius 3 is 2.67 bits per heavy atom. The molecule has 0 saturated carbocycles.